The molecule has 0 saturated heterocycles. The molecule has 2 N–H and O–H groups in total. The first-order valence-corrected chi connectivity index (χ1v) is 8.20. The van der Waals surface area contributed by atoms with Crippen molar-refractivity contribution >= 4 is 11.6 Å². The maximum atomic E-state index is 12.3. The number of amides is 1. The molecule has 1 unspecified atom stereocenters. The lowest BCUT2D eigenvalue weighted by atomic mass is 9.99. The Kier molecular flexibility index (Phi) is 5.24. The first kappa shape index (κ1) is 17.0. The largest absolute Gasteiger partial charge is 0.380 e. The van der Waals surface area contributed by atoms with Gasteiger partial charge < -0.3 is 10.4 Å². The third-order valence-corrected chi connectivity index (χ3v) is 4.15. The summed E-state index contributed by atoms with van der Waals surface area (Å²) in [5.74, 6) is 0.308. The van der Waals surface area contributed by atoms with Gasteiger partial charge in [0.15, 0.2) is 0 Å². The van der Waals surface area contributed by atoms with E-state index in [-0.39, 0.29) is 5.91 Å². The van der Waals surface area contributed by atoms with Gasteiger partial charge in [0, 0.05) is 25.3 Å². The number of nitrogens with zero attached hydrogens (tertiary/aromatic N) is 1. The number of carbonyl (C=O) groups excluding carboxylic acids is 1. The summed E-state index contributed by atoms with van der Waals surface area (Å²) in [6, 6.07) is 6.02. The van der Waals surface area contributed by atoms with Crippen LogP contribution in [0.4, 0.5) is 5.69 Å². The number of rotatable bonds is 6. The average molecular weight is 304 g/mol. The normalized spacial score (nSPS) is 17.4. The van der Waals surface area contributed by atoms with Gasteiger partial charge in [0.2, 0.25) is 0 Å². The smallest absolute Gasteiger partial charge is 0.256 e. The van der Waals surface area contributed by atoms with E-state index >= 15 is 0 Å². The monoisotopic (exact) mass is 304 g/mol. The third-order valence-electron chi connectivity index (χ3n) is 4.15. The summed E-state index contributed by atoms with van der Waals surface area (Å²) in [6.45, 7) is 10.8. The summed E-state index contributed by atoms with van der Waals surface area (Å²) >= 11 is 0. The van der Waals surface area contributed by atoms with Crippen LogP contribution in [0.15, 0.2) is 18.2 Å². The first-order valence-electron chi connectivity index (χ1n) is 8.20. The molecule has 22 heavy (non-hydrogen) atoms. The molecule has 0 aromatic heterocycles. The molecule has 1 atom stereocenters. The topological polar surface area (TPSA) is 52.6 Å². The summed E-state index contributed by atoms with van der Waals surface area (Å²) in [5.41, 5.74) is 1.98. The molecule has 0 radical (unpaired) electrons. The molecule has 0 aliphatic carbocycles. The Labute approximate surface area is 133 Å². The second kappa shape index (κ2) is 6.80. The van der Waals surface area contributed by atoms with Crippen LogP contribution in [0.5, 0.6) is 0 Å². The molecule has 2 rings (SSSR count). The number of benzene rings is 1. The predicted octanol–water partition coefficient (Wildman–Crippen LogP) is 3.15. The zero-order valence-electron chi connectivity index (χ0n) is 14.1. The molecule has 0 spiro atoms. The summed E-state index contributed by atoms with van der Waals surface area (Å²) in [6.07, 6.45) is 1.24. The van der Waals surface area contributed by atoms with Crippen molar-refractivity contribution in [2.24, 2.45) is 5.92 Å². The van der Waals surface area contributed by atoms with Crippen LogP contribution in [0.2, 0.25) is 0 Å². The van der Waals surface area contributed by atoms with E-state index in [1.165, 1.54) is 11.1 Å². The highest BCUT2D eigenvalue weighted by atomic mass is 16.3. The molecule has 1 aliphatic rings. The summed E-state index contributed by atoms with van der Waals surface area (Å²) in [5, 5.41) is 13.2. The van der Waals surface area contributed by atoms with Gasteiger partial charge in [-0.05, 0) is 36.5 Å². The Hall–Kier alpha value is -1.39. The molecule has 0 fully saturated rings. The van der Waals surface area contributed by atoms with Crippen molar-refractivity contribution in [1.29, 1.82) is 0 Å². The van der Waals surface area contributed by atoms with Gasteiger partial charge in [0.25, 0.3) is 5.91 Å². The van der Waals surface area contributed by atoms with Crippen molar-refractivity contribution in [2.45, 2.75) is 59.2 Å². The van der Waals surface area contributed by atoms with Crippen LogP contribution in [0, 0.1) is 5.92 Å². The molecule has 1 aromatic rings. The zero-order chi connectivity index (χ0) is 16.3. The molecular formula is C18H28N2O2. The van der Waals surface area contributed by atoms with Crippen LogP contribution in [-0.4, -0.2) is 28.1 Å². The van der Waals surface area contributed by atoms with Crippen molar-refractivity contribution in [3.05, 3.63) is 29.3 Å². The Balaban J connectivity index is 2.12. The minimum absolute atomic E-state index is 0.315. The number of carbonyl (C=O) groups is 1. The lowest BCUT2D eigenvalue weighted by molar-refractivity contribution is -0.133. The fourth-order valence-corrected chi connectivity index (χ4v) is 3.11. The van der Waals surface area contributed by atoms with Gasteiger partial charge in [-0.3, -0.25) is 9.69 Å². The van der Waals surface area contributed by atoms with Gasteiger partial charge in [0.05, 0.1) is 0 Å². The highest BCUT2D eigenvalue weighted by molar-refractivity contribution is 5.97. The highest BCUT2D eigenvalue weighted by Crippen LogP contribution is 2.30. The van der Waals surface area contributed by atoms with E-state index in [0.29, 0.717) is 12.3 Å². The van der Waals surface area contributed by atoms with Gasteiger partial charge in [-0.1, -0.05) is 39.3 Å². The SMILES string of the molecule is CCCC(C)(O)C(=O)Nc1cccc2c1CN(CC(C)C)C2. The second-order valence-corrected chi connectivity index (χ2v) is 6.98. The van der Waals surface area contributed by atoms with E-state index in [9.17, 15) is 9.90 Å². The van der Waals surface area contributed by atoms with Crippen LogP contribution >= 0.6 is 0 Å². The number of anilines is 1. The maximum absolute atomic E-state index is 12.3. The Morgan fingerprint density at radius 2 is 2.14 bits per heavy atom. The van der Waals surface area contributed by atoms with E-state index in [0.717, 1.165) is 31.7 Å². The fraction of sp³-hybridized carbons (Fsp3) is 0.611. The lowest BCUT2D eigenvalue weighted by Gasteiger charge is -2.22. The predicted molar refractivity (Wildman–Crippen MR) is 89.6 cm³/mol. The van der Waals surface area contributed by atoms with Crippen LogP contribution in [0.1, 0.15) is 51.7 Å². The quantitative estimate of drug-likeness (QED) is 0.849. The molecule has 122 valence electrons. The molecule has 1 aliphatic heterocycles. The summed E-state index contributed by atoms with van der Waals surface area (Å²) in [4.78, 5) is 14.7. The minimum Gasteiger partial charge on any atom is -0.380 e. The van der Waals surface area contributed by atoms with Crippen LogP contribution in [0.3, 0.4) is 0 Å². The number of fused-ring (bicyclic) bond motifs is 1. The molecular weight excluding hydrogens is 276 g/mol. The molecule has 4 nitrogen and oxygen atoms in total. The summed E-state index contributed by atoms with van der Waals surface area (Å²) < 4.78 is 0. The molecule has 4 heteroatoms. The molecule has 1 aromatic carbocycles. The molecule has 1 amide bonds. The van der Waals surface area contributed by atoms with Gasteiger partial charge in [0.1, 0.15) is 5.60 Å². The van der Waals surface area contributed by atoms with E-state index in [4.69, 9.17) is 0 Å². The van der Waals surface area contributed by atoms with Crippen molar-refractivity contribution in [3.63, 3.8) is 0 Å². The zero-order valence-corrected chi connectivity index (χ0v) is 14.1. The molecule has 0 bridgehead atoms. The third kappa shape index (κ3) is 3.87. The van der Waals surface area contributed by atoms with Gasteiger partial charge in [-0.2, -0.15) is 0 Å². The van der Waals surface area contributed by atoms with Crippen molar-refractivity contribution < 1.29 is 9.90 Å². The highest BCUT2D eigenvalue weighted by Gasteiger charge is 2.30. The van der Waals surface area contributed by atoms with E-state index in [1.54, 1.807) is 6.92 Å². The van der Waals surface area contributed by atoms with Crippen LogP contribution < -0.4 is 5.32 Å². The first-order chi connectivity index (χ1) is 10.3. The van der Waals surface area contributed by atoms with Crippen LogP contribution in [0.25, 0.3) is 0 Å². The van der Waals surface area contributed by atoms with E-state index < -0.39 is 5.60 Å². The summed E-state index contributed by atoms with van der Waals surface area (Å²) in [7, 11) is 0. The molecule has 1 heterocycles. The van der Waals surface area contributed by atoms with Gasteiger partial charge in [-0.15, -0.1) is 0 Å². The average Bonchev–Trinajstić information content (AvgIpc) is 2.81. The number of nitrogens with one attached hydrogen (secondary N) is 1. The van der Waals surface area contributed by atoms with Crippen molar-refractivity contribution in [2.75, 3.05) is 11.9 Å². The Morgan fingerprint density at radius 3 is 2.77 bits per heavy atom. The van der Waals surface area contributed by atoms with Gasteiger partial charge >= 0.3 is 0 Å². The van der Waals surface area contributed by atoms with E-state index in [2.05, 4.69) is 30.1 Å². The lowest BCUT2D eigenvalue weighted by Crippen LogP contribution is -2.40. The Morgan fingerprint density at radius 1 is 1.41 bits per heavy atom. The minimum atomic E-state index is -1.31. The second-order valence-electron chi connectivity index (χ2n) is 6.98. The standard InChI is InChI=1S/C18H28N2O2/c1-5-9-18(4,22)17(21)19-16-8-6-7-14-11-20(10-13(2)3)12-15(14)16/h6-8,13,22H,5,9-12H2,1-4H3,(H,19,21). The Bertz CT molecular complexity index is 538. The van der Waals surface area contributed by atoms with E-state index in [1.807, 2.05) is 19.1 Å². The molecule has 0 saturated carbocycles. The fourth-order valence-electron chi connectivity index (χ4n) is 3.11. The number of hydrogen-bond acceptors (Lipinski definition) is 3. The number of hydrogen-bond donors (Lipinski definition) is 2. The van der Waals surface area contributed by atoms with Crippen molar-refractivity contribution in [3.8, 4) is 0 Å². The van der Waals surface area contributed by atoms with Crippen molar-refractivity contribution in [1.82, 2.24) is 4.90 Å². The van der Waals surface area contributed by atoms with Crippen LogP contribution in [-0.2, 0) is 17.9 Å². The maximum Gasteiger partial charge on any atom is 0.256 e. The number of aliphatic hydroxyl groups is 1. The van der Waals surface area contributed by atoms with Gasteiger partial charge in [-0.25, -0.2) is 0 Å².